The Balaban J connectivity index is 2.64. The summed E-state index contributed by atoms with van der Waals surface area (Å²) in [5.74, 6) is -0.449. The zero-order valence-corrected chi connectivity index (χ0v) is 6.73. The molecule has 1 rings (SSSR count). The van der Waals surface area contributed by atoms with Crippen molar-refractivity contribution in [3.63, 3.8) is 0 Å². The van der Waals surface area contributed by atoms with Crippen LogP contribution in [0.1, 0.15) is 0 Å². The van der Waals surface area contributed by atoms with Gasteiger partial charge in [0.25, 0.3) is 0 Å². The normalized spacial score (nSPS) is 23.3. The van der Waals surface area contributed by atoms with Gasteiger partial charge in [-0.1, -0.05) is 6.58 Å². The summed E-state index contributed by atoms with van der Waals surface area (Å²) in [6, 6.07) is -0.464. The highest BCUT2D eigenvalue weighted by molar-refractivity contribution is 6.27. The van der Waals surface area contributed by atoms with Gasteiger partial charge in [-0.15, -0.1) is 0 Å². The lowest BCUT2D eigenvalue weighted by Crippen LogP contribution is -2.47. The van der Waals surface area contributed by atoms with Crippen molar-refractivity contribution in [3.8, 4) is 0 Å². The van der Waals surface area contributed by atoms with Crippen LogP contribution in [-0.2, 0) is 14.3 Å². The highest BCUT2D eigenvalue weighted by atomic mass is 16.5. The molecular weight excluding hydrogens is 158 g/mol. The van der Waals surface area contributed by atoms with Crippen LogP contribution in [0.15, 0.2) is 12.8 Å². The van der Waals surface area contributed by atoms with E-state index in [0.717, 1.165) is 0 Å². The number of aldehydes is 1. The summed E-state index contributed by atoms with van der Waals surface area (Å²) in [6.45, 7) is 5.03. The molecule has 1 saturated heterocycles. The molecule has 1 aliphatic rings. The second kappa shape index (κ2) is 4.01. The number of morpholine rings is 1. The number of hydrogen-bond donors (Lipinski definition) is 0. The molecule has 0 aromatic rings. The molecular formula is C8H11NO3. The van der Waals surface area contributed by atoms with Crippen LogP contribution in [0.5, 0.6) is 0 Å². The lowest BCUT2D eigenvalue weighted by molar-refractivity contribution is -0.136. The predicted molar refractivity (Wildman–Crippen MR) is 42.6 cm³/mol. The molecule has 0 aromatic heterocycles. The molecule has 0 aliphatic carbocycles. The van der Waals surface area contributed by atoms with Crippen LogP contribution < -0.4 is 0 Å². The van der Waals surface area contributed by atoms with Crippen molar-refractivity contribution in [2.45, 2.75) is 6.04 Å². The fourth-order valence-electron chi connectivity index (χ4n) is 1.16. The average molecular weight is 169 g/mol. The van der Waals surface area contributed by atoms with Gasteiger partial charge in [-0.25, -0.2) is 0 Å². The third kappa shape index (κ3) is 1.71. The molecule has 66 valence electrons. The first kappa shape index (κ1) is 8.93. The number of ether oxygens (including phenoxy) is 1. The Morgan fingerprint density at radius 1 is 1.67 bits per heavy atom. The van der Waals surface area contributed by atoms with E-state index in [9.17, 15) is 9.59 Å². The van der Waals surface area contributed by atoms with Crippen molar-refractivity contribution in [2.75, 3.05) is 19.8 Å². The highest BCUT2D eigenvalue weighted by Gasteiger charge is 2.26. The van der Waals surface area contributed by atoms with E-state index in [4.69, 9.17) is 4.74 Å². The van der Waals surface area contributed by atoms with Crippen molar-refractivity contribution >= 4 is 12.1 Å². The maximum atomic E-state index is 11.0. The summed E-state index contributed by atoms with van der Waals surface area (Å²) in [7, 11) is 0. The topological polar surface area (TPSA) is 46.6 Å². The van der Waals surface area contributed by atoms with Gasteiger partial charge in [0.1, 0.15) is 6.04 Å². The average Bonchev–Trinajstić information content (AvgIpc) is 2.16. The first-order valence-corrected chi connectivity index (χ1v) is 3.74. The molecule has 12 heavy (non-hydrogen) atoms. The molecule has 1 heterocycles. The minimum atomic E-state index is -0.464. The van der Waals surface area contributed by atoms with Crippen LogP contribution in [-0.4, -0.2) is 42.8 Å². The van der Waals surface area contributed by atoms with Gasteiger partial charge >= 0.3 is 0 Å². The molecule has 0 saturated carbocycles. The third-order valence-electron chi connectivity index (χ3n) is 1.85. The van der Waals surface area contributed by atoms with E-state index in [1.807, 2.05) is 0 Å². The second-order valence-corrected chi connectivity index (χ2v) is 2.53. The van der Waals surface area contributed by atoms with Crippen LogP contribution in [0.2, 0.25) is 0 Å². The number of hydrogen-bond acceptors (Lipinski definition) is 4. The minimum Gasteiger partial charge on any atom is -0.377 e. The Bertz CT molecular complexity index is 202. The molecule has 0 radical (unpaired) electrons. The molecule has 0 spiro atoms. The second-order valence-electron chi connectivity index (χ2n) is 2.53. The van der Waals surface area contributed by atoms with Crippen LogP contribution in [0.25, 0.3) is 0 Å². The molecule has 4 nitrogen and oxygen atoms in total. The molecule has 1 atom stereocenters. The van der Waals surface area contributed by atoms with E-state index >= 15 is 0 Å². The minimum absolute atomic E-state index is 0.281. The Labute approximate surface area is 70.8 Å². The van der Waals surface area contributed by atoms with Crippen LogP contribution in [0.3, 0.4) is 0 Å². The number of carbonyl (C=O) groups is 2. The van der Waals surface area contributed by atoms with Crippen molar-refractivity contribution in [1.29, 1.82) is 0 Å². The summed E-state index contributed by atoms with van der Waals surface area (Å²) < 4.78 is 5.07. The van der Waals surface area contributed by atoms with Crippen molar-refractivity contribution in [2.24, 2.45) is 0 Å². The predicted octanol–water partition coefficient (Wildman–Crippen LogP) is -0.401. The number of nitrogens with zero attached hydrogens (tertiary/aromatic N) is 1. The summed E-state index contributed by atoms with van der Waals surface area (Å²) in [4.78, 5) is 22.9. The number of Topliss-reactive ketones (excluding diaryl/α,β-unsaturated/α-hetero) is 1. The Morgan fingerprint density at radius 2 is 2.42 bits per heavy atom. The quantitative estimate of drug-likeness (QED) is 0.426. The summed E-state index contributed by atoms with van der Waals surface area (Å²) in [5.41, 5.74) is 0. The standard InChI is InChI=1S/C8H11NO3/c1-2-9-3-4-12-6-7(9)8(11)5-10/h2,5,7H,1,3-4,6H2. The van der Waals surface area contributed by atoms with E-state index in [1.165, 1.54) is 0 Å². The monoisotopic (exact) mass is 169 g/mol. The van der Waals surface area contributed by atoms with Gasteiger partial charge in [-0.3, -0.25) is 9.59 Å². The van der Waals surface area contributed by atoms with Gasteiger partial charge in [0.05, 0.1) is 13.2 Å². The fraction of sp³-hybridized carbons (Fsp3) is 0.500. The molecule has 0 N–H and O–H groups in total. The molecule has 0 amide bonds. The summed E-state index contributed by atoms with van der Waals surface area (Å²) in [5, 5.41) is 0. The Morgan fingerprint density at radius 3 is 3.00 bits per heavy atom. The molecule has 0 bridgehead atoms. The van der Waals surface area contributed by atoms with E-state index < -0.39 is 11.8 Å². The van der Waals surface area contributed by atoms with Gasteiger partial charge in [0, 0.05) is 6.54 Å². The van der Waals surface area contributed by atoms with Gasteiger partial charge in [-0.05, 0) is 6.20 Å². The maximum absolute atomic E-state index is 11.0. The number of ketones is 1. The smallest absolute Gasteiger partial charge is 0.219 e. The zero-order valence-electron chi connectivity index (χ0n) is 6.73. The van der Waals surface area contributed by atoms with Crippen LogP contribution >= 0.6 is 0 Å². The molecule has 0 aromatic carbocycles. The summed E-state index contributed by atoms with van der Waals surface area (Å²) >= 11 is 0. The molecule has 1 aliphatic heterocycles. The summed E-state index contributed by atoms with van der Waals surface area (Å²) in [6.07, 6.45) is 1.89. The highest BCUT2D eigenvalue weighted by Crippen LogP contribution is 2.06. The Kier molecular flexibility index (Phi) is 2.99. The SMILES string of the molecule is C=CN1CCOCC1C(=O)C=O. The molecule has 4 heteroatoms. The first-order chi connectivity index (χ1) is 5.79. The maximum Gasteiger partial charge on any atom is 0.219 e. The molecule has 1 unspecified atom stereocenters. The van der Waals surface area contributed by atoms with Gasteiger partial charge in [0.15, 0.2) is 6.29 Å². The van der Waals surface area contributed by atoms with Gasteiger partial charge < -0.3 is 9.64 Å². The van der Waals surface area contributed by atoms with E-state index in [0.29, 0.717) is 19.4 Å². The third-order valence-corrected chi connectivity index (χ3v) is 1.85. The lowest BCUT2D eigenvalue weighted by Gasteiger charge is -2.32. The zero-order chi connectivity index (χ0) is 8.97. The lowest BCUT2D eigenvalue weighted by atomic mass is 10.1. The number of rotatable bonds is 3. The van der Waals surface area contributed by atoms with Crippen LogP contribution in [0, 0.1) is 0 Å². The first-order valence-electron chi connectivity index (χ1n) is 3.74. The van der Waals surface area contributed by atoms with Crippen molar-refractivity contribution < 1.29 is 14.3 Å². The van der Waals surface area contributed by atoms with E-state index in [-0.39, 0.29) is 6.61 Å². The largest absolute Gasteiger partial charge is 0.377 e. The van der Waals surface area contributed by atoms with E-state index in [2.05, 4.69) is 6.58 Å². The van der Waals surface area contributed by atoms with Crippen LogP contribution in [0.4, 0.5) is 0 Å². The van der Waals surface area contributed by atoms with Gasteiger partial charge in [0.2, 0.25) is 5.78 Å². The number of carbonyl (C=O) groups excluding carboxylic acids is 2. The van der Waals surface area contributed by atoms with E-state index in [1.54, 1.807) is 11.1 Å². The molecule has 1 fully saturated rings. The van der Waals surface area contributed by atoms with Crippen molar-refractivity contribution in [1.82, 2.24) is 4.90 Å². The van der Waals surface area contributed by atoms with Gasteiger partial charge in [-0.2, -0.15) is 0 Å². The fourth-order valence-corrected chi connectivity index (χ4v) is 1.16. The van der Waals surface area contributed by atoms with Crippen molar-refractivity contribution in [3.05, 3.63) is 12.8 Å². The Hall–Kier alpha value is -1.16.